The van der Waals surface area contributed by atoms with Crippen molar-refractivity contribution in [1.82, 2.24) is 5.32 Å². The monoisotopic (exact) mass is 359 g/mol. The number of carbonyl (C=O) groups excluding carboxylic acids is 1. The van der Waals surface area contributed by atoms with E-state index in [1.54, 1.807) is 26.8 Å². The third kappa shape index (κ3) is 8.69. The van der Waals surface area contributed by atoms with Crippen molar-refractivity contribution in [3.63, 3.8) is 0 Å². The summed E-state index contributed by atoms with van der Waals surface area (Å²) in [5, 5.41) is 1.96. The molecule has 2 atom stereocenters. The van der Waals surface area contributed by atoms with Crippen molar-refractivity contribution >= 4 is 5.91 Å². The van der Waals surface area contributed by atoms with Crippen molar-refractivity contribution in [2.45, 2.75) is 45.7 Å². The van der Waals surface area contributed by atoms with Gasteiger partial charge in [-0.2, -0.15) is 13.2 Å². The fraction of sp³-hybridized carbons (Fsp3) is 0.500. The van der Waals surface area contributed by atoms with Crippen molar-refractivity contribution < 1.29 is 27.4 Å². The summed E-state index contributed by atoms with van der Waals surface area (Å²) in [5.74, 6) is -2.14. The Bertz CT molecular complexity index is 544. The zero-order valence-electron chi connectivity index (χ0n) is 14.5. The Morgan fingerprint density at radius 3 is 2.36 bits per heavy atom. The van der Waals surface area contributed by atoms with Crippen LogP contribution in [-0.4, -0.2) is 31.0 Å². The van der Waals surface area contributed by atoms with Crippen LogP contribution >= 0.6 is 0 Å². The van der Waals surface area contributed by atoms with E-state index < -0.39 is 18.1 Å². The number of halogens is 3. The Morgan fingerprint density at radius 2 is 1.80 bits per heavy atom. The van der Waals surface area contributed by atoms with Crippen LogP contribution in [0.4, 0.5) is 13.2 Å². The van der Waals surface area contributed by atoms with Gasteiger partial charge in [-0.1, -0.05) is 56.3 Å². The summed E-state index contributed by atoms with van der Waals surface area (Å²) in [6.07, 6.45) is -2.14. The van der Waals surface area contributed by atoms with E-state index in [0.29, 0.717) is 6.61 Å². The number of hydrogen-bond acceptors (Lipinski definition) is 3. The van der Waals surface area contributed by atoms with E-state index in [1.165, 1.54) is 6.08 Å². The highest BCUT2D eigenvalue weighted by molar-refractivity contribution is 5.82. The van der Waals surface area contributed by atoms with E-state index >= 15 is 0 Å². The molecule has 0 fully saturated rings. The molecular formula is C18H24F3NO3. The number of amides is 1. The van der Waals surface area contributed by atoms with Crippen LogP contribution in [0.2, 0.25) is 0 Å². The molecule has 4 nitrogen and oxygen atoms in total. The molecule has 0 aromatic heterocycles. The van der Waals surface area contributed by atoms with Gasteiger partial charge in [0.15, 0.2) is 0 Å². The molecule has 1 rings (SSSR count). The molecule has 140 valence electrons. The topological polar surface area (TPSA) is 47.6 Å². The Kier molecular flexibility index (Phi) is 8.65. The Labute approximate surface area is 146 Å². The Balaban J connectivity index is 2.38. The summed E-state index contributed by atoms with van der Waals surface area (Å²) in [6, 6.07) is 8.86. The Hall–Kier alpha value is -1.86. The minimum atomic E-state index is -4.89. The van der Waals surface area contributed by atoms with E-state index in [1.807, 2.05) is 35.6 Å². The summed E-state index contributed by atoms with van der Waals surface area (Å²) < 4.78 is 47.8. The second kappa shape index (κ2) is 10.2. The normalized spacial score (nSPS) is 14.7. The van der Waals surface area contributed by atoms with Crippen molar-refractivity contribution in [2.75, 3.05) is 6.79 Å². The largest absolute Gasteiger partial charge is 0.471 e. The predicted molar refractivity (Wildman–Crippen MR) is 88.6 cm³/mol. The average Bonchev–Trinajstić information content (AvgIpc) is 2.55. The van der Waals surface area contributed by atoms with Crippen LogP contribution < -0.4 is 5.32 Å². The van der Waals surface area contributed by atoms with E-state index in [0.717, 1.165) is 5.56 Å². The van der Waals surface area contributed by atoms with Crippen LogP contribution in [0.25, 0.3) is 0 Å². The lowest BCUT2D eigenvalue weighted by atomic mass is 10.0. The van der Waals surface area contributed by atoms with Gasteiger partial charge < -0.3 is 14.8 Å². The van der Waals surface area contributed by atoms with Crippen molar-refractivity contribution in [3.05, 3.63) is 48.0 Å². The lowest BCUT2D eigenvalue weighted by Gasteiger charge is -2.20. The van der Waals surface area contributed by atoms with Gasteiger partial charge in [0.2, 0.25) is 0 Å². The highest BCUT2D eigenvalue weighted by atomic mass is 19.4. The quantitative estimate of drug-likeness (QED) is 0.414. The molecule has 0 spiro atoms. The molecule has 1 aromatic carbocycles. The zero-order chi connectivity index (χ0) is 18.9. The number of rotatable bonds is 9. The number of carbonyl (C=O) groups is 1. The van der Waals surface area contributed by atoms with Gasteiger partial charge in [-0.15, -0.1) is 0 Å². The van der Waals surface area contributed by atoms with Crippen molar-refractivity contribution in [1.29, 1.82) is 0 Å². The molecule has 0 bridgehead atoms. The predicted octanol–water partition coefficient (Wildman–Crippen LogP) is 3.83. The summed E-state index contributed by atoms with van der Waals surface area (Å²) in [5.41, 5.74) is 1.02. The van der Waals surface area contributed by atoms with Crippen LogP contribution in [-0.2, 0) is 20.9 Å². The van der Waals surface area contributed by atoms with Crippen LogP contribution in [0, 0.1) is 5.92 Å². The molecule has 0 unspecified atom stereocenters. The molecule has 0 heterocycles. The van der Waals surface area contributed by atoms with E-state index in [9.17, 15) is 18.0 Å². The molecule has 0 aliphatic heterocycles. The van der Waals surface area contributed by atoms with Gasteiger partial charge >= 0.3 is 12.1 Å². The number of benzene rings is 1. The van der Waals surface area contributed by atoms with Gasteiger partial charge in [-0.3, -0.25) is 4.79 Å². The maximum Gasteiger partial charge on any atom is 0.471 e. The lowest BCUT2D eigenvalue weighted by Crippen LogP contribution is -2.44. The molecule has 1 N–H and O–H groups in total. The highest BCUT2D eigenvalue weighted by Gasteiger charge is 2.39. The SMILES string of the molecule is CC(C)[C@H](/C=C/[C@H](C)OCOCc1ccccc1)NC(=O)C(F)(F)F. The second-order valence-corrected chi connectivity index (χ2v) is 5.95. The van der Waals surface area contributed by atoms with E-state index in [4.69, 9.17) is 9.47 Å². The second-order valence-electron chi connectivity index (χ2n) is 5.95. The number of nitrogens with one attached hydrogen (secondary N) is 1. The maximum atomic E-state index is 12.3. The third-order valence-corrected chi connectivity index (χ3v) is 3.39. The van der Waals surface area contributed by atoms with Crippen molar-refractivity contribution in [2.24, 2.45) is 5.92 Å². The molecule has 0 radical (unpaired) electrons. The van der Waals surface area contributed by atoms with Crippen LogP contribution in [0.1, 0.15) is 26.3 Å². The Morgan fingerprint density at radius 1 is 1.16 bits per heavy atom. The molecule has 1 aromatic rings. The van der Waals surface area contributed by atoms with Gasteiger partial charge in [0.25, 0.3) is 0 Å². The first-order valence-corrected chi connectivity index (χ1v) is 7.99. The average molecular weight is 359 g/mol. The zero-order valence-corrected chi connectivity index (χ0v) is 14.5. The fourth-order valence-electron chi connectivity index (χ4n) is 1.89. The smallest absolute Gasteiger partial charge is 0.351 e. The molecule has 1 amide bonds. The fourth-order valence-corrected chi connectivity index (χ4v) is 1.89. The molecule has 7 heteroatoms. The van der Waals surface area contributed by atoms with Crippen LogP contribution in [0.3, 0.4) is 0 Å². The third-order valence-electron chi connectivity index (χ3n) is 3.39. The summed E-state index contributed by atoms with van der Waals surface area (Å²) in [4.78, 5) is 11.0. The molecular weight excluding hydrogens is 335 g/mol. The first-order valence-electron chi connectivity index (χ1n) is 7.99. The molecule has 0 aliphatic rings. The van der Waals surface area contributed by atoms with Gasteiger partial charge in [-0.05, 0) is 18.4 Å². The van der Waals surface area contributed by atoms with Gasteiger partial charge in [0.05, 0.1) is 12.7 Å². The summed E-state index contributed by atoms with van der Waals surface area (Å²) in [7, 11) is 0. The van der Waals surface area contributed by atoms with Crippen LogP contribution in [0.5, 0.6) is 0 Å². The standard InChI is InChI=1S/C18H24F3NO3/c1-13(2)16(22-17(23)18(19,20)21)10-9-14(3)25-12-24-11-15-7-5-4-6-8-15/h4-10,13-14,16H,11-12H2,1-3H3,(H,22,23)/b10-9+/t14-,16-/m0/s1. The number of ether oxygens (including phenoxy) is 2. The lowest BCUT2D eigenvalue weighted by molar-refractivity contribution is -0.174. The highest BCUT2D eigenvalue weighted by Crippen LogP contribution is 2.16. The first-order chi connectivity index (χ1) is 11.7. The molecule has 0 saturated carbocycles. The van der Waals surface area contributed by atoms with E-state index in [-0.39, 0.29) is 18.8 Å². The molecule has 0 aliphatic carbocycles. The van der Waals surface area contributed by atoms with Gasteiger partial charge in [-0.25, -0.2) is 0 Å². The van der Waals surface area contributed by atoms with E-state index in [2.05, 4.69) is 0 Å². The van der Waals surface area contributed by atoms with Gasteiger partial charge in [0, 0.05) is 6.04 Å². The van der Waals surface area contributed by atoms with Crippen LogP contribution in [0.15, 0.2) is 42.5 Å². The minimum Gasteiger partial charge on any atom is -0.351 e. The van der Waals surface area contributed by atoms with Gasteiger partial charge in [0.1, 0.15) is 6.79 Å². The van der Waals surface area contributed by atoms with Crippen molar-refractivity contribution in [3.8, 4) is 0 Å². The molecule has 25 heavy (non-hydrogen) atoms. The number of alkyl halides is 3. The molecule has 0 saturated heterocycles. The summed E-state index contributed by atoms with van der Waals surface area (Å²) in [6.45, 7) is 5.65. The first kappa shape index (κ1) is 21.2. The minimum absolute atomic E-state index is 0.0572. The maximum absolute atomic E-state index is 12.3. The summed E-state index contributed by atoms with van der Waals surface area (Å²) >= 11 is 0. The number of hydrogen-bond donors (Lipinski definition) is 1.